The molecule has 0 saturated carbocycles. The number of nitrogens with zero attached hydrogens (tertiary/aromatic N) is 1. The van der Waals surface area contributed by atoms with Gasteiger partial charge in [0.2, 0.25) is 0 Å². The van der Waals surface area contributed by atoms with Crippen molar-refractivity contribution in [3.63, 3.8) is 0 Å². The number of hydrogen-bond acceptors (Lipinski definition) is 4. The van der Waals surface area contributed by atoms with Gasteiger partial charge < -0.3 is 10.1 Å². The number of benzene rings is 2. The molecule has 0 atom stereocenters. The van der Waals surface area contributed by atoms with E-state index < -0.39 is 0 Å². The third-order valence-electron chi connectivity index (χ3n) is 3.76. The number of thiazole rings is 1. The van der Waals surface area contributed by atoms with Crippen molar-refractivity contribution in [1.29, 1.82) is 0 Å². The van der Waals surface area contributed by atoms with Crippen molar-refractivity contribution in [2.24, 2.45) is 0 Å². The third-order valence-corrected chi connectivity index (χ3v) is 4.86. The van der Waals surface area contributed by atoms with Gasteiger partial charge in [0.15, 0.2) is 0 Å². The number of para-hydroxylation sites is 1. The summed E-state index contributed by atoms with van der Waals surface area (Å²) < 4.78 is 6.78. The fourth-order valence-corrected chi connectivity index (χ4v) is 3.53. The van der Waals surface area contributed by atoms with E-state index in [0.29, 0.717) is 18.7 Å². The van der Waals surface area contributed by atoms with E-state index in [4.69, 9.17) is 4.74 Å². The quantitative estimate of drug-likeness (QED) is 0.608. The van der Waals surface area contributed by atoms with E-state index in [-0.39, 0.29) is 5.91 Å². The Balaban J connectivity index is 1.47. The van der Waals surface area contributed by atoms with E-state index in [1.54, 1.807) is 17.4 Å². The summed E-state index contributed by atoms with van der Waals surface area (Å²) in [4.78, 5) is 16.9. The molecule has 0 aliphatic rings. The number of carbonyl (C=O) groups is 1. The molecule has 5 heteroatoms. The standard InChI is InChI=1S/C20H22N2O2S/c1-2-13-24-16-8-5-7-15(14-16)20(23)21-12-6-11-19-22-17-9-3-4-10-18(17)25-19/h3-5,7-10,14H,2,6,11-13H2,1H3,(H,21,23). The van der Waals surface area contributed by atoms with Crippen LogP contribution >= 0.6 is 11.3 Å². The molecule has 0 bridgehead atoms. The van der Waals surface area contributed by atoms with E-state index in [9.17, 15) is 4.79 Å². The summed E-state index contributed by atoms with van der Waals surface area (Å²) in [6.45, 7) is 3.35. The summed E-state index contributed by atoms with van der Waals surface area (Å²) in [6.07, 6.45) is 2.69. The highest BCUT2D eigenvalue weighted by Crippen LogP contribution is 2.22. The van der Waals surface area contributed by atoms with Crippen molar-refractivity contribution in [2.45, 2.75) is 26.2 Å². The molecule has 0 spiro atoms. The summed E-state index contributed by atoms with van der Waals surface area (Å²) >= 11 is 1.72. The van der Waals surface area contributed by atoms with Crippen LogP contribution in [0.3, 0.4) is 0 Å². The number of aromatic nitrogens is 1. The predicted molar refractivity (Wildman–Crippen MR) is 103 cm³/mol. The smallest absolute Gasteiger partial charge is 0.251 e. The van der Waals surface area contributed by atoms with E-state index in [1.165, 1.54) is 4.70 Å². The molecule has 2 aromatic carbocycles. The SMILES string of the molecule is CCCOc1cccc(C(=O)NCCCc2nc3ccccc3s2)c1. The van der Waals surface area contributed by atoms with Gasteiger partial charge >= 0.3 is 0 Å². The second kappa shape index (κ2) is 8.62. The minimum atomic E-state index is -0.0637. The van der Waals surface area contributed by atoms with Crippen LogP contribution in [0.2, 0.25) is 0 Å². The van der Waals surface area contributed by atoms with Crippen LogP contribution in [0, 0.1) is 0 Å². The molecule has 3 rings (SSSR count). The van der Waals surface area contributed by atoms with E-state index >= 15 is 0 Å². The number of nitrogens with one attached hydrogen (secondary N) is 1. The lowest BCUT2D eigenvalue weighted by Gasteiger charge is -2.08. The average molecular weight is 354 g/mol. The predicted octanol–water partition coefficient (Wildman–Crippen LogP) is 4.45. The van der Waals surface area contributed by atoms with Gasteiger partial charge in [-0.05, 0) is 43.2 Å². The molecule has 1 heterocycles. The fourth-order valence-electron chi connectivity index (χ4n) is 2.52. The monoisotopic (exact) mass is 354 g/mol. The maximum absolute atomic E-state index is 12.2. The highest BCUT2D eigenvalue weighted by Gasteiger charge is 2.07. The Kier molecular flexibility index (Phi) is 6.01. The zero-order chi connectivity index (χ0) is 17.5. The molecule has 0 radical (unpaired) electrons. The van der Waals surface area contributed by atoms with E-state index in [2.05, 4.69) is 23.3 Å². The first-order chi connectivity index (χ1) is 12.3. The van der Waals surface area contributed by atoms with Gasteiger partial charge in [0.05, 0.1) is 21.8 Å². The maximum Gasteiger partial charge on any atom is 0.251 e. The van der Waals surface area contributed by atoms with Crippen LogP contribution in [-0.4, -0.2) is 24.0 Å². The summed E-state index contributed by atoms with van der Waals surface area (Å²) in [5.41, 5.74) is 1.68. The molecule has 1 aromatic heterocycles. The van der Waals surface area contributed by atoms with Crippen molar-refractivity contribution >= 4 is 27.5 Å². The van der Waals surface area contributed by atoms with Crippen LogP contribution < -0.4 is 10.1 Å². The van der Waals surface area contributed by atoms with Gasteiger partial charge in [0.25, 0.3) is 5.91 Å². The average Bonchev–Trinajstić information content (AvgIpc) is 3.06. The summed E-state index contributed by atoms with van der Waals surface area (Å²) in [5.74, 6) is 0.676. The summed E-state index contributed by atoms with van der Waals surface area (Å²) in [6, 6.07) is 15.5. The van der Waals surface area contributed by atoms with Crippen molar-refractivity contribution in [2.75, 3.05) is 13.2 Å². The van der Waals surface area contributed by atoms with Crippen LogP contribution in [0.5, 0.6) is 5.75 Å². The number of aryl methyl sites for hydroxylation is 1. The Labute approximate surface area is 151 Å². The Morgan fingerprint density at radius 3 is 2.92 bits per heavy atom. The lowest BCUT2D eigenvalue weighted by molar-refractivity contribution is 0.0952. The topological polar surface area (TPSA) is 51.2 Å². The van der Waals surface area contributed by atoms with Crippen LogP contribution in [0.4, 0.5) is 0 Å². The molecule has 25 heavy (non-hydrogen) atoms. The third kappa shape index (κ3) is 4.79. The highest BCUT2D eigenvalue weighted by atomic mass is 32.1. The molecule has 0 fully saturated rings. The first-order valence-corrected chi connectivity index (χ1v) is 9.43. The molecular formula is C20H22N2O2S. The number of fused-ring (bicyclic) bond motifs is 1. The summed E-state index contributed by atoms with van der Waals surface area (Å²) in [5, 5.41) is 4.08. The normalized spacial score (nSPS) is 10.8. The number of rotatable bonds is 8. The van der Waals surface area contributed by atoms with Gasteiger partial charge in [-0.3, -0.25) is 4.79 Å². The van der Waals surface area contributed by atoms with Crippen LogP contribution in [0.15, 0.2) is 48.5 Å². The molecule has 0 unspecified atom stereocenters. The van der Waals surface area contributed by atoms with Gasteiger partial charge in [-0.25, -0.2) is 4.98 Å². The largest absolute Gasteiger partial charge is 0.494 e. The molecule has 3 aromatic rings. The second-order valence-electron chi connectivity index (χ2n) is 5.81. The second-order valence-corrected chi connectivity index (χ2v) is 6.93. The van der Waals surface area contributed by atoms with Crippen LogP contribution in [0.25, 0.3) is 10.2 Å². The van der Waals surface area contributed by atoms with Gasteiger partial charge in [-0.1, -0.05) is 25.1 Å². The van der Waals surface area contributed by atoms with Gasteiger partial charge in [0.1, 0.15) is 5.75 Å². The van der Waals surface area contributed by atoms with Crippen molar-refractivity contribution < 1.29 is 9.53 Å². The van der Waals surface area contributed by atoms with Crippen molar-refractivity contribution in [3.05, 3.63) is 59.1 Å². The highest BCUT2D eigenvalue weighted by molar-refractivity contribution is 7.18. The molecule has 0 saturated heterocycles. The zero-order valence-electron chi connectivity index (χ0n) is 14.3. The Morgan fingerprint density at radius 1 is 1.20 bits per heavy atom. The molecule has 0 aliphatic carbocycles. The van der Waals surface area contributed by atoms with Crippen LogP contribution in [-0.2, 0) is 6.42 Å². The Bertz CT molecular complexity index is 811. The minimum absolute atomic E-state index is 0.0637. The van der Waals surface area contributed by atoms with Gasteiger partial charge in [-0.15, -0.1) is 11.3 Å². The number of amides is 1. The van der Waals surface area contributed by atoms with Crippen LogP contribution in [0.1, 0.15) is 35.1 Å². The molecule has 0 aliphatic heterocycles. The molecular weight excluding hydrogens is 332 g/mol. The number of carbonyl (C=O) groups excluding carboxylic acids is 1. The van der Waals surface area contributed by atoms with Crippen molar-refractivity contribution in [3.8, 4) is 5.75 Å². The lowest BCUT2D eigenvalue weighted by Crippen LogP contribution is -2.24. The Hall–Kier alpha value is -2.40. The zero-order valence-corrected chi connectivity index (χ0v) is 15.1. The first-order valence-electron chi connectivity index (χ1n) is 8.62. The molecule has 1 N–H and O–H groups in total. The van der Waals surface area contributed by atoms with Gasteiger partial charge in [-0.2, -0.15) is 0 Å². The minimum Gasteiger partial charge on any atom is -0.494 e. The van der Waals surface area contributed by atoms with Crippen molar-refractivity contribution in [1.82, 2.24) is 10.3 Å². The maximum atomic E-state index is 12.2. The van der Waals surface area contributed by atoms with Gasteiger partial charge in [0, 0.05) is 18.5 Å². The number of ether oxygens (including phenoxy) is 1. The molecule has 4 nitrogen and oxygen atoms in total. The van der Waals surface area contributed by atoms with E-state index in [1.807, 2.05) is 36.4 Å². The molecule has 1 amide bonds. The van der Waals surface area contributed by atoms with E-state index in [0.717, 1.165) is 35.5 Å². The fraction of sp³-hybridized carbons (Fsp3) is 0.300. The summed E-state index contributed by atoms with van der Waals surface area (Å²) in [7, 11) is 0. The Morgan fingerprint density at radius 2 is 2.08 bits per heavy atom. The lowest BCUT2D eigenvalue weighted by atomic mass is 10.2. The number of hydrogen-bond donors (Lipinski definition) is 1. The molecule has 130 valence electrons. The first kappa shape index (κ1) is 17.4.